The number of pyridine rings is 1. The largest absolute Gasteiger partial charge is 0.477 e. The SMILES string of the molecule is CCn1cc(-c2nc(C(=O)O)cc3c2[nH]c2ccccc23)cn1. The fourth-order valence-electron chi connectivity index (χ4n) is 2.82. The molecule has 0 saturated heterocycles. The molecule has 114 valence electrons. The summed E-state index contributed by atoms with van der Waals surface area (Å²) in [4.78, 5) is 19.1. The van der Waals surface area contributed by atoms with Gasteiger partial charge in [-0.1, -0.05) is 18.2 Å². The molecule has 4 aromatic rings. The van der Waals surface area contributed by atoms with Gasteiger partial charge in [-0.25, -0.2) is 9.78 Å². The number of aromatic carboxylic acids is 1. The summed E-state index contributed by atoms with van der Waals surface area (Å²) < 4.78 is 1.79. The van der Waals surface area contributed by atoms with Gasteiger partial charge in [-0.2, -0.15) is 5.10 Å². The van der Waals surface area contributed by atoms with E-state index in [1.54, 1.807) is 16.9 Å². The Morgan fingerprint density at radius 1 is 1.30 bits per heavy atom. The van der Waals surface area contributed by atoms with Crippen LogP contribution in [0.25, 0.3) is 33.1 Å². The molecule has 0 saturated carbocycles. The normalized spacial score (nSPS) is 11.3. The molecule has 23 heavy (non-hydrogen) atoms. The third-order valence-electron chi connectivity index (χ3n) is 3.95. The van der Waals surface area contributed by atoms with Gasteiger partial charge < -0.3 is 10.1 Å². The van der Waals surface area contributed by atoms with Gasteiger partial charge in [0.2, 0.25) is 0 Å². The quantitative estimate of drug-likeness (QED) is 0.608. The van der Waals surface area contributed by atoms with Crippen LogP contribution in [0.4, 0.5) is 0 Å². The predicted molar refractivity (Wildman–Crippen MR) is 87.5 cm³/mol. The molecule has 6 nitrogen and oxygen atoms in total. The molecule has 0 aliphatic heterocycles. The second-order valence-electron chi connectivity index (χ2n) is 5.34. The summed E-state index contributed by atoms with van der Waals surface area (Å²) in [6.45, 7) is 2.74. The van der Waals surface area contributed by atoms with Gasteiger partial charge >= 0.3 is 5.97 Å². The standard InChI is InChI=1S/C17H14N4O2/c1-2-21-9-10(8-18-21)15-16-12(7-14(20-15)17(22)23)11-5-3-4-6-13(11)19-16/h3-9,19H,2H2,1H3,(H,22,23). The lowest BCUT2D eigenvalue weighted by molar-refractivity contribution is 0.0691. The smallest absolute Gasteiger partial charge is 0.354 e. The lowest BCUT2D eigenvalue weighted by Crippen LogP contribution is -2.01. The van der Waals surface area contributed by atoms with E-state index in [-0.39, 0.29) is 5.69 Å². The first-order valence-electron chi connectivity index (χ1n) is 7.35. The number of rotatable bonds is 3. The van der Waals surface area contributed by atoms with E-state index >= 15 is 0 Å². The minimum absolute atomic E-state index is 0.0292. The second kappa shape index (κ2) is 4.95. The molecule has 2 N–H and O–H groups in total. The first-order chi connectivity index (χ1) is 11.2. The summed E-state index contributed by atoms with van der Waals surface area (Å²) in [6.07, 6.45) is 3.58. The molecule has 0 aliphatic carbocycles. The Kier molecular flexibility index (Phi) is 2.90. The molecule has 0 bridgehead atoms. The van der Waals surface area contributed by atoms with Crippen molar-refractivity contribution in [1.29, 1.82) is 0 Å². The highest BCUT2D eigenvalue weighted by Gasteiger charge is 2.17. The minimum Gasteiger partial charge on any atom is -0.477 e. The molecule has 0 amide bonds. The summed E-state index contributed by atoms with van der Waals surface area (Å²) in [7, 11) is 0. The topological polar surface area (TPSA) is 83.8 Å². The Labute approximate surface area is 131 Å². The Balaban J connectivity index is 2.10. The lowest BCUT2D eigenvalue weighted by Gasteiger charge is -2.02. The molecule has 6 heteroatoms. The maximum absolute atomic E-state index is 11.5. The zero-order valence-corrected chi connectivity index (χ0v) is 12.4. The number of carboxylic acid groups (broad SMARTS) is 1. The van der Waals surface area contributed by atoms with Crippen molar-refractivity contribution >= 4 is 27.8 Å². The summed E-state index contributed by atoms with van der Waals surface area (Å²) in [5.41, 5.74) is 3.21. The average Bonchev–Trinajstić information content (AvgIpc) is 3.18. The molecule has 3 aromatic heterocycles. The summed E-state index contributed by atoms with van der Waals surface area (Å²) in [6, 6.07) is 9.43. The van der Waals surface area contributed by atoms with E-state index in [1.165, 1.54) is 0 Å². The van der Waals surface area contributed by atoms with E-state index in [0.717, 1.165) is 33.9 Å². The van der Waals surface area contributed by atoms with Crippen LogP contribution in [-0.4, -0.2) is 30.8 Å². The van der Waals surface area contributed by atoms with Crippen molar-refractivity contribution in [3.8, 4) is 11.3 Å². The highest BCUT2D eigenvalue weighted by molar-refractivity contribution is 6.12. The van der Waals surface area contributed by atoms with Crippen molar-refractivity contribution in [2.75, 3.05) is 0 Å². The molecular formula is C17H14N4O2. The monoisotopic (exact) mass is 306 g/mol. The Morgan fingerprint density at radius 2 is 2.13 bits per heavy atom. The number of fused-ring (bicyclic) bond motifs is 3. The number of H-pyrrole nitrogens is 1. The van der Waals surface area contributed by atoms with Gasteiger partial charge in [-0.05, 0) is 19.1 Å². The minimum atomic E-state index is -1.04. The van der Waals surface area contributed by atoms with Crippen LogP contribution in [0, 0.1) is 0 Å². The summed E-state index contributed by atoms with van der Waals surface area (Å²) >= 11 is 0. The maximum atomic E-state index is 11.5. The third kappa shape index (κ3) is 2.07. The van der Waals surface area contributed by atoms with Crippen LogP contribution in [0.5, 0.6) is 0 Å². The van der Waals surface area contributed by atoms with E-state index in [0.29, 0.717) is 5.69 Å². The first-order valence-corrected chi connectivity index (χ1v) is 7.35. The summed E-state index contributed by atoms with van der Waals surface area (Å²) in [5.74, 6) is -1.04. The van der Waals surface area contributed by atoms with Gasteiger partial charge in [0.15, 0.2) is 0 Å². The van der Waals surface area contributed by atoms with E-state index in [4.69, 9.17) is 0 Å². The maximum Gasteiger partial charge on any atom is 0.354 e. The van der Waals surface area contributed by atoms with E-state index in [2.05, 4.69) is 15.1 Å². The molecule has 3 heterocycles. The van der Waals surface area contributed by atoms with Crippen molar-refractivity contribution < 1.29 is 9.90 Å². The fraction of sp³-hybridized carbons (Fsp3) is 0.118. The van der Waals surface area contributed by atoms with Crippen LogP contribution in [0.2, 0.25) is 0 Å². The fourth-order valence-corrected chi connectivity index (χ4v) is 2.82. The number of carboxylic acids is 1. The van der Waals surface area contributed by atoms with E-state index in [1.807, 2.05) is 37.4 Å². The highest BCUT2D eigenvalue weighted by Crippen LogP contribution is 2.32. The van der Waals surface area contributed by atoms with E-state index in [9.17, 15) is 9.90 Å². The van der Waals surface area contributed by atoms with Crippen molar-refractivity contribution in [1.82, 2.24) is 19.7 Å². The molecule has 0 radical (unpaired) electrons. The molecule has 0 aliphatic rings. The molecule has 4 rings (SSSR count). The second-order valence-corrected chi connectivity index (χ2v) is 5.34. The van der Waals surface area contributed by atoms with Crippen LogP contribution in [0.1, 0.15) is 17.4 Å². The number of aryl methyl sites for hydroxylation is 1. The zero-order chi connectivity index (χ0) is 16.0. The highest BCUT2D eigenvalue weighted by atomic mass is 16.4. The number of para-hydroxylation sites is 1. The predicted octanol–water partition coefficient (Wildman–Crippen LogP) is 3.30. The number of hydrogen-bond acceptors (Lipinski definition) is 3. The number of aromatic amines is 1. The zero-order valence-electron chi connectivity index (χ0n) is 12.4. The first kappa shape index (κ1) is 13.5. The molecule has 0 spiro atoms. The molecular weight excluding hydrogens is 292 g/mol. The van der Waals surface area contributed by atoms with Crippen molar-refractivity contribution in [3.63, 3.8) is 0 Å². The van der Waals surface area contributed by atoms with Gasteiger partial charge in [0, 0.05) is 34.6 Å². The van der Waals surface area contributed by atoms with Crippen LogP contribution >= 0.6 is 0 Å². The van der Waals surface area contributed by atoms with Crippen LogP contribution in [0.3, 0.4) is 0 Å². The number of carbonyl (C=O) groups is 1. The van der Waals surface area contributed by atoms with E-state index < -0.39 is 5.97 Å². The van der Waals surface area contributed by atoms with Crippen LogP contribution in [-0.2, 0) is 6.54 Å². The summed E-state index contributed by atoms with van der Waals surface area (Å²) in [5, 5.41) is 15.5. The molecule has 0 unspecified atom stereocenters. The van der Waals surface area contributed by atoms with Gasteiger partial charge in [0.25, 0.3) is 0 Å². The van der Waals surface area contributed by atoms with Gasteiger partial charge in [-0.15, -0.1) is 0 Å². The van der Waals surface area contributed by atoms with Gasteiger partial charge in [0.05, 0.1) is 17.4 Å². The van der Waals surface area contributed by atoms with Gasteiger partial charge in [-0.3, -0.25) is 4.68 Å². The number of hydrogen-bond donors (Lipinski definition) is 2. The molecule has 0 fully saturated rings. The van der Waals surface area contributed by atoms with Crippen molar-refractivity contribution in [2.45, 2.75) is 13.5 Å². The lowest BCUT2D eigenvalue weighted by atomic mass is 10.1. The molecule has 0 atom stereocenters. The van der Waals surface area contributed by atoms with Crippen LogP contribution in [0.15, 0.2) is 42.7 Å². The van der Waals surface area contributed by atoms with Crippen molar-refractivity contribution in [3.05, 3.63) is 48.4 Å². The Bertz CT molecular complexity index is 1050. The van der Waals surface area contributed by atoms with Crippen LogP contribution < -0.4 is 0 Å². The number of nitrogens with one attached hydrogen (secondary N) is 1. The third-order valence-corrected chi connectivity index (χ3v) is 3.95. The van der Waals surface area contributed by atoms with Crippen molar-refractivity contribution in [2.24, 2.45) is 0 Å². The average molecular weight is 306 g/mol. The number of nitrogens with zero attached hydrogens (tertiary/aromatic N) is 3. The Hall–Kier alpha value is -3.15. The number of aromatic nitrogens is 4. The molecule has 1 aromatic carbocycles. The number of benzene rings is 1. The van der Waals surface area contributed by atoms with Gasteiger partial charge in [0.1, 0.15) is 5.69 Å². The Morgan fingerprint density at radius 3 is 2.87 bits per heavy atom.